The van der Waals surface area contributed by atoms with Gasteiger partial charge in [-0.3, -0.25) is 9.78 Å². The van der Waals surface area contributed by atoms with Crippen molar-refractivity contribution in [2.24, 2.45) is 0 Å². The maximum Gasteiger partial charge on any atom is 0.410 e. The zero-order valence-electron chi connectivity index (χ0n) is 22.0. The average Bonchev–Trinajstić information content (AvgIpc) is 2.86. The molecule has 1 aromatic carbocycles. The fourth-order valence-electron chi connectivity index (χ4n) is 4.96. The minimum Gasteiger partial charge on any atom is -0.444 e. The van der Waals surface area contributed by atoms with Crippen molar-refractivity contribution < 1.29 is 23.5 Å². The number of morpholine rings is 1. The highest BCUT2D eigenvalue weighted by Gasteiger charge is 2.41. The Bertz CT molecular complexity index is 1210. The number of pyridine rings is 1. The summed E-state index contributed by atoms with van der Waals surface area (Å²) in [5, 5.41) is 10.3. The zero-order valence-corrected chi connectivity index (χ0v) is 22.0. The molecular weight excluding hydrogens is 477 g/mol. The number of halogens is 1. The Morgan fingerprint density at radius 3 is 2.70 bits per heavy atom. The number of carbonyl (C=O) groups excluding carboxylic acids is 2. The summed E-state index contributed by atoms with van der Waals surface area (Å²) in [7, 11) is 1.56. The molecular formula is C27H34FN5O4. The van der Waals surface area contributed by atoms with Crippen LogP contribution in [-0.2, 0) is 14.3 Å². The number of amides is 2. The van der Waals surface area contributed by atoms with Gasteiger partial charge in [0.05, 0.1) is 29.8 Å². The van der Waals surface area contributed by atoms with E-state index in [0.29, 0.717) is 17.6 Å². The molecule has 1 aromatic heterocycles. The lowest BCUT2D eigenvalue weighted by Crippen LogP contribution is -2.60. The van der Waals surface area contributed by atoms with Gasteiger partial charge < -0.3 is 24.2 Å². The van der Waals surface area contributed by atoms with Crippen LogP contribution in [0.3, 0.4) is 0 Å². The highest BCUT2D eigenvalue weighted by atomic mass is 19.1. The van der Waals surface area contributed by atoms with E-state index in [-0.39, 0.29) is 38.1 Å². The van der Waals surface area contributed by atoms with Crippen molar-refractivity contribution in [1.82, 2.24) is 14.8 Å². The molecule has 37 heavy (non-hydrogen) atoms. The predicted molar refractivity (Wildman–Crippen MR) is 137 cm³/mol. The number of benzene rings is 1. The van der Waals surface area contributed by atoms with Crippen molar-refractivity contribution in [3.8, 4) is 6.07 Å². The van der Waals surface area contributed by atoms with Crippen LogP contribution in [0.4, 0.5) is 14.9 Å². The number of piperidine rings is 1. The molecule has 2 saturated heterocycles. The molecule has 198 valence electrons. The van der Waals surface area contributed by atoms with E-state index in [2.05, 4.69) is 16.0 Å². The van der Waals surface area contributed by atoms with E-state index in [0.717, 1.165) is 11.1 Å². The molecule has 2 aliphatic rings. The fourth-order valence-corrected chi connectivity index (χ4v) is 4.96. The quantitative estimate of drug-likeness (QED) is 0.622. The topological polar surface area (TPSA) is 99.0 Å². The van der Waals surface area contributed by atoms with Gasteiger partial charge in [-0.15, -0.1) is 0 Å². The number of nitrogens with zero attached hydrogens (tertiary/aromatic N) is 5. The van der Waals surface area contributed by atoms with Crippen molar-refractivity contribution in [3.05, 3.63) is 36.0 Å². The number of likely N-dealkylation sites (tertiary alicyclic amines) is 1. The lowest BCUT2D eigenvalue weighted by atomic mass is 10.0. The maximum absolute atomic E-state index is 15.0. The summed E-state index contributed by atoms with van der Waals surface area (Å²) in [5.74, 6) is -0.341. The van der Waals surface area contributed by atoms with Crippen LogP contribution in [0.1, 0.15) is 39.7 Å². The third kappa shape index (κ3) is 5.77. The van der Waals surface area contributed by atoms with Gasteiger partial charge in [0.15, 0.2) is 6.10 Å². The molecule has 2 aromatic rings. The molecule has 0 radical (unpaired) electrons. The molecule has 3 heterocycles. The molecule has 2 aliphatic heterocycles. The Morgan fingerprint density at radius 2 is 2.00 bits per heavy atom. The molecule has 4 rings (SSSR count). The molecule has 2 amide bonds. The molecule has 10 heteroatoms. The van der Waals surface area contributed by atoms with Crippen LogP contribution in [-0.4, -0.2) is 90.0 Å². The minimum absolute atomic E-state index is 0.0518. The van der Waals surface area contributed by atoms with Crippen molar-refractivity contribution >= 4 is 28.6 Å². The van der Waals surface area contributed by atoms with Gasteiger partial charge in [-0.2, -0.15) is 5.26 Å². The molecule has 0 bridgehead atoms. The van der Waals surface area contributed by atoms with Gasteiger partial charge in [-0.1, -0.05) is 0 Å². The number of aromatic nitrogens is 1. The van der Waals surface area contributed by atoms with Crippen LogP contribution in [0.5, 0.6) is 0 Å². The van der Waals surface area contributed by atoms with Gasteiger partial charge in [0.1, 0.15) is 17.8 Å². The summed E-state index contributed by atoms with van der Waals surface area (Å²) >= 11 is 0. The summed E-state index contributed by atoms with van der Waals surface area (Å²) in [5.41, 5.74) is 1.27. The Morgan fingerprint density at radius 1 is 1.24 bits per heavy atom. The van der Waals surface area contributed by atoms with Crippen LogP contribution < -0.4 is 4.90 Å². The second-order valence-corrected chi connectivity index (χ2v) is 10.7. The lowest BCUT2D eigenvalue weighted by Gasteiger charge is -2.43. The van der Waals surface area contributed by atoms with Gasteiger partial charge in [-0.25, -0.2) is 9.18 Å². The summed E-state index contributed by atoms with van der Waals surface area (Å²) in [4.78, 5) is 35.4. The number of rotatable bonds is 3. The van der Waals surface area contributed by atoms with Crippen molar-refractivity contribution in [2.45, 2.75) is 64.1 Å². The largest absolute Gasteiger partial charge is 0.444 e. The van der Waals surface area contributed by atoms with Gasteiger partial charge in [-0.05, 0) is 58.4 Å². The molecule has 2 fully saturated rings. The molecule has 0 spiro atoms. The van der Waals surface area contributed by atoms with Gasteiger partial charge >= 0.3 is 6.09 Å². The molecule has 4 unspecified atom stereocenters. The van der Waals surface area contributed by atoms with E-state index in [9.17, 15) is 14.9 Å². The van der Waals surface area contributed by atoms with E-state index in [4.69, 9.17) is 9.47 Å². The van der Waals surface area contributed by atoms with Crippen LogP contribution in [0.2, 0.25) is 0 Å². The smallest absolute Gasteiger partial charge is 0.410 e. The highest BCUT2D eigenvalue weighted by Crippen LogP contribution is 2.31. The number of likely N-dealkylation sites (N-methyl/N-ethyl adjacent to an activating group) is 1. The van der Waals surface area contributed by atoms with E-state index in [1.54, 1.807) is 40.1 Å². The number of fused-ring (bicyclic) bond motifs is 1. The van der Waals surface area contributed by atoms with E-state index in [1.165, 1.54) is 9.80 Å². The van der Waals surface area contributed by atoms with Gasteiger partial charge in [0, 0.05) is 44.0 Å². The van der Waals surface area contributed by atoms with Crippen LogP contribution >= 0.6 is 0 Å². The first kappa shape index (κ1) is 26.6. The second kappa shape index (κ2) is 10.5. The first-order valence-electron chi connectivity index (χ1n) is 12.6. The number of anilines is 1. The second-order valence-electron chi connectivity index (χ2n) is 10.7. The summed E-state index contributed by atoms with van der Waals surface area (Å²) in [6.45, 7) is 8.32. The predicted octanol–water partition coefficient (Wildman–Crippen LogP) is 3.51. The zero-order chi connectivity index (χ0) is 26.9. The van der Waals surface area contributed by atoms with Crippen LogP contribution in [0, 0.1) is 11.3 Å². The summed E-state index contributed by atoms with van der Waals surface area (Å²) in [6.07, 6.45) is -1.09. The molecule has 0 N–H and O–H groups in total. The first-order chi connectivity index (χ1) is 17.5. The van der Waals surface area contributed by atoms with E-state index in [1.807, 2.05) is 25.1 Å². The monoisotopic (exact) mass is 511 g/mol. The van der Waals surface area contributed by atoms with Gasteiger partial charge in [0.2, 0.25) is 0 Å². The average molecular weight is 512 g/mol. The van der Waals surface area contributed by atoms with Crippen molar-refractivity contribution in [3.63, 3.8) is 0 Å². The molecule has 4 atom stereocenters. The maximum atomic E-state index is 15.0. The number of nitriles is 1. The van der Waals surface area contributed by atoms with Crippen molar-refractivity contribution in [1.29, 1.82) is 5.26 Å². The van der Waals surface area contributed by atoms with Crippen LogP contribution in [0.15, 0.2) is 30.5 Å². The highest BCUT2D eigenvalue weighted by molar-refractivity contribution is 5.95. The SMILES string of the molecule is CC1CN(c2ccc(C#N)c3ncccc23)CC(C(=O)N(C)C2CN(C(=O)OC(C)(C)C)CCC2F)O1. The third-order valence-electron chi connectivity index (χ3n) is 6.74. The summed E-state index contributed by atoms with van der Waals surface area (Å²) in [6, 6.07) is 8.69. The van der Waals surface area contributed by atoms with Gasteiger partial charge in [0.25, 0.3) is 5.91 Å². The Kier molecular flexibility index (Phi) is 7.55. The summed E-state index contributed by atoms with van der Waals surface area (Å²) < 4.78 is 26.5. The first-order valence-corrected chi connectivity index (χ1v) is 12.6. The standard InChI is InChI=1S/C27H34FN5O4/c1-17-14-33(21-9-8-18(13-29)24-19(21)7-6-11-30-24)16-23(36-17)25(34)31(5)22-15-32(12-10-20(22)28)26(35)37-27(2,3)4/h6-9,11,17,20,22-23H,10,12,14-16H2,1-5H3. The van der Waals surface area contributed by atoms with E-state index >= 15 is 4.39 Å². The number of carbonyl (C=O) groups is 2. The number of alkyl halides is 1. The molecule has 9 nitrogen and oxygen atoms in total. The molecule has 0 saturated carbocycles. The fraction of sp³-hybridized carbons (Fsp3) is 0.556. The third-order valence-corrected chi connectivity index (χ3v) is 6.74. The number of ether oxygens (including phenoxy) is 2. The Labute approximate surface area is 216 Å². The molecule has 0 aliphatic carbocycles. The Hall–Kier alpha value is -3.45. The Balaban J connectivity index is 1.52. The normalized spacial score (nSPS) is 24.5. The van der Waals surface area contributed by atoms with Crippen molar-refractivity contribution in [2.75, 3.05) is 38.1 Å². The van der Waals surface area contributed by atoms with Crippen LogP contribution in [0.25, 0.3) is 10.9 Å². The van der Waals surface area contributed by atoms with E-state index < -0.39 is 30.0 Å². The minimum atomic E-state index is -1.27. The lowest BCUT2D eigenvalue weighted by molar-refractivity contribution is -0.151. The number of hydrogen-bond donors (Lipinski definition) is 0. The number of hydrogen-bond acceptors (Lipinski definition) is 7.